The van der Waals surface area contributed by atoms with E-state index in [4.69, 9.17) is 0 Å². The second-order valence-corrected chi connectivity index (χ2v) is 9.11. The summed E-state index contributed by atoms with van der Waals surface area (Å²) in [4.78, 5) is 16.5. The molecule has 0 saturated carbocycles. The Morgan fingerprint density at radius 2 is 0.524 bits per heavy atom. The molecule has 0 amide bonds. The molecule has 0 aliphatic carbocycles. The van der Waals surface area contributed by atoms with E-state index >= 15 is 0 Å². The van der Waals surface area contributed by atoms with Crippen LogP contribution in [-0.4, -0.2) is 49.0 Å². The molecule has 0 aromatic heterocycles. The molecule has 0 spiro atoms. The number of hydrogen-bond acceptors (Lipinski definition) is 8. The summed E-state index contributed by atoms with van der Waals surface area (Å²) in [6, 6.07) is 0. The molecule has 8 nitrogen and oxygen atoms in total. The first-order valence-corrected chi connectivity index (χ1v) is 14.1. The molecule has 0 aromatic carbocycles. The molecule has 0 atom stereocenters. The summed E-state index contributed by atoms with van der Waals surface area (Å²) in [7, 11) is 0. The predicted octanol–water partition coefficient (Wildman–Crippen LogP) is 4.48. The smallest absolute Gasteiger partial charge is 0.876 e. The second kappa shape index (κ2) is 39.1. The number of nitrogens with zero attached hydrogens (tertiary/aromatic N) is 4. The van der Waals surface area contributed by atoms with Crippen LogP contribution in [0.4, 0.5) is 0 Å². The van der Waals surface area contributed by atoms with Crippen molar-refractivity contribution in [3.05, 3.63) is 47.3 Å². The monoisotopic (exact) mass is 688 g/mol. The minimum Gasteiger partial charge on any atom is -0.876 e. The Bertz CT molecular complexity index is 729. The predicted molar refractivity (Wildman–Crippen MR) is 168 cm³/mol. The first-order valence-electron chi connectivity index (χ1n) is 14.1. The van der Waals surface area contributed by atoms with Crippen LogP contribution in [0.1, 0.15) is 109 Å². The summed E-state index contributed by atoms with van der Waals surface area (Å²) in [6.45, 7) is 25.0. The summed E-state index contributed by atoms with van der Waals surface area (Å²) in [6.07, 6.45) is 10.3. The Balaban J connectivity index is -0.000000101. The van der Waals surface area contributed by atoms with Gasteiger partial charge in [-0.1, -0.05) is 79.7 Å². The Morgan fingerprint density at radius 1 is 0.381 bits per heavy atom. The number of aliphatic imine (C=N–C) groups is 4. The maximum absolute atomic E-state index is 10.5. The second-order valence-electron chi connectivity index (χ2n) is 9.11. The Hall–Kier alpha value is -1.91. The molecule has 42 heavy (non-hydrogen) atoms. The van der Waals surface area contributed by atoms with Crippen molar-refractivity contribution in [2.24, 2.45) is 20.0 Å². The SMILES string of the molecule is CCCN=C(C)/C=C(/C)[O-].CCCN=C(C)/C=C(/C)[O-].CCCN=C(C)/C=C(/C)[O-].CCCN=C(C)/C=C(/C)[O-].[Zn+2].[Zn+2]. The first kappa shape index (κ1) is 52.7. The van der Waals surface area contributed by atoms with Crippen LogP contribution in [0.25, 0.3) is 0 Å². The average Bonchev–Trinajstić information content (AvgIpc) is 2.83. The third-order valence-electron chi connectivity index (χ3n) is 3.99. The molecule has 0 saturated heterocycles. The van der Waals surface area contributed by atoms with Crippen molar-refractivity contribution in [2.75, 3.05) is 26.2 Å². The van der Waals surface area contributed by atoms with Crippen LogP contribution in [0.2, 0.25) is 0 Å². The molecule has 0 aromatic rings. The molecule has 10 heteroatoms. The van der Waals surface area contributed by atoms with Gasteiger partial charge in [0.05, 0.1) is 0 Å². The van der Waals surface area contributed by atoms with Crippen LogP contribution in [-0.2, 0) is 39.0 Å². The fourth-order valence-corrected chi connectivity index (χ4v) is 2.51. The van der Waals surface area contributed by atoms with Crippen molar-refractivity contribution < 1.29 is 59.4 Å². The maximum atomic E-state index is 10.5. The molecule has 232 valence electrons. The minimum atomic E-state index is 0. The van der Waals surface area contributed by atoms with Gasteiger partial charge in [-0.05, 0) is 53.4 Å². The van der Waals surface area contributed by atoms with Gasteiger partial charge in [0.1, 0.15) is 0 Å². The van der Waals surface area contributed by atoms with E-state index in [-0.39, 0.29) is 62.0 Å². The number of allylic oxidation sites excluding steroid dienone is 8. The van der Waals surface area contributed by atoms with E-state index in [0.29, 0.717) is 0 Å². The maximum Gasteiger partial charge on any atom is 2.00 e. The normalized spacial score (nSPS) is 13.2. The van der Waals surface area contributed by atoms with E-state index in [9.17, 15) is 20.4 Å². The zero-order valence-corrected chi connectivity index (χ0v) is 34.7. The summed E-state index contributed by atoms with van der Waals surface area (Å²) in [5, 5.41) is 41.9. The Labute approximate surface area is 283 Å². The number of hydrogen-bond donors (Lipinski definition) is 0. The van der Waals surface area contributed by atoms with Gasteiger partial charge in [0.15, 0.2) is 0 Å². The Morgan fingerprint density at radius 3 is 0.619 bits per heavy atom. The van der Waals surface area contributed by atoms with E-state index in [1.54, 1.807) is 24.3 Å². The third-order valence-corrected chi connectivity index (χ3v) is 3.99. The third kappa shape index (κ3) is 57.9. The van der Waals surface area contributed by atoms with Crippen LogP contribution in [0.3, 0.4) is 0 Å². The molecule has 0 fully saturated rings. The van der Waals surface area contributed by atoms with E-state index < -0.39 is 0 Å². The van der Waals surface area contributed by atoms with Gasteiger partial charge in [-0.2, -0.15) is 0 Å². The topological polar surface area (TPSA) is 142 Å². The summed E-state index contributed by atoms with van der Waals surface area (Å²) < 4.78 is 0. The van der Waals surface area contributed by atoms with Crippen molar-refractivity contribution >= 4 is 22.8 Å². The zero-order valence-electron chi connectivity index (χ0n) is 28.8. The van der Waals surface area contributed by atoms with Gasteiger partial charge in [0.25, 0.3) is 0 Å². The van der Waals surface area contributed by atoms with Gasteiger partial charge in [-0.25, -0.2) is 0 Å². The van der Waals surface area contributed by atoms with Gasteiger partial charge >= 0.3 is 39.0 Å². The van der Waals surface area contributed by atoms with E-state index in [1.165, 1.54) is 27.7 Å². The molecule has 0 bridgehead atoms. The van der Waals surface area contributed by atoms with E-state index in [2.05, 4.69) is 47.7 Å². The molecule has 0 aliphatic rings. The van der Waals surface area contributed by atoms with Crippen LogP contribution < -0.4 is 20.4 Å². The van der Waals surface area contributed by atoms with Gasteiger partial charge in [0, 0.05) is 49.0 Å². The van der Waals surface area contributed by atoms with Crippen molar-refractivity contribution in [3.8, 4) is 0 Å². The summed E-state index contributed by atoms with van der Waals surface area (Å²) in [5.41, 5.74) is 3.31. The molecule has 0 unspecified atom stereocenters. The van der Waals surface area contributed by atoms with Gasteiger partial charge in [-0.3, -0.25) is 20.0 Å². The van der Waals surface area contributed by atoms with Gasteiger partial charge in [-0.15, -0.1) is 23.0 Å². The fourth-order valence-electron chi connectivity index (χ4n) is 2.51. The van der Waals surface area contributed by atoms with E-state index in [0.717, 1.165) is 74.7 Å². The van der Waals surface area contributed by atoms with E-state index in [1.807, 2.05) is 27.7 Å². The molecular formula is C32H56N4O4Zn2. The van der Waals surface area contributed by atoms with Crippen molar-refractivity contribution in [2.45, 2.75) is 109 Å². The van der Waals surface area contributed by atoms with Crippen molar-refractivity contribution in [1.29, 1.82) is 0 Å². The molecule has 0 radical (unpaired) electrons. The van der Waals surface area contributed by atoms with Crippen LogP contribution in [0.15, 0.2) is 67.3 Å². The Kier molecular flexibility index (Phi) is 49.1. The van der Waals surface area contributed by atoms with Crippen molar-refractivity contribution in [1.82, 2.24) is 0 Å². The zero-order chi connectivity index (χ0) is 31.9. The fraction of sp³-hybridized carbons (Fsp3) is 0.625. The standard InChI is InChI=1S/4C8H15NO.2Zn/c4*1-4-5-9-7(2)6-8(3)10;;/h4*6,10H,4-5H2,1-3H3;;/q;;;;2*+2/p-4/b4*8-6-,9-7?;;. The van der Waals surface area contributed by atoms with Crippen LogP contribution in [0, 0.1) is 0 Å². The number of rotatable bonds is 12. The molecule has 0 N–H and O–H groups in total. The molecule has 0 rings (SSSR count). The summed E-state index contributed by atoms with van der Waals surface area (Å²) in [5.74, 6) is 0.268. The molecule has 0 aliphatic heterocycles. The van der Waals surface area contributed by atoms with Crippen molar-refractivity contribution in [3.63, 3.8) is 0 Å². The van der Waals surface area contributed by atoms with Crippen LogP contribution >= 0.6 is 0 Å². The van der Waals surface area contributed by atoms with Crippen LogP contribution in [0.5, 0.6) is 0 Å². The first-order chi connectivity index (χ1) is 18.7. The average molecular weight is 692 g/mol. The minimum absolute atomic E-state index is 0. The molecular weight excluding hydrogens is 635 g/mol. The molecule has 0 heterocycles. The summed E-state index contributed by atoms with van der Waals surface area (Å²) >= 11 is 0. The quantitative estimate of drug-likeness (QED) is 0.169. The van der Waals surface area contributed by atoms with Gasteiger partial charge < -0.3 is 20.4 Å². The largest absolute Gasteiger partial charge is 2.00 e. The van der Waals surface area contributed by atoms with Gasteiger partial charge in [0.2, 0.25) is 0 Å².